The lowest BCUT2D eigenvalue weighted by Crippen LogP contribution is -2.09. The Morgan fingerprint density at radius 2 is 2.09 bits per heavy atom. The number of pyridine rings is 1. The van der Waals surface area contributed by atoms with E-state index in [1.54, 1.807) is 16.7 Å². The quantitative estimate of drug-likeness (QED) is 0.679. The van der Waals surface area contributed by atoms with E-state index in [2.05, 4.69) is 29.0 Å². The molecule has 0 fully saturated rings. The summed E-state index contributed by atoms with van der Waals surface area (Å²) in [5.41, 5.74) is 0.902. The first-order valence-electron chi connectivity index (χ1n) is 7.12. The fourth-order valence-electron chi connectivity index (χ4n) is 2.48. The van der Waals surface area contributed by atoms with E-state index >= 15 is 0 Å². The SMILES string of the molecule is [CH2]N([CH2])c1cccc(-n2c(CCC)c(F)c3cnc(Cl)nc32)n1. The van der Waals surface area contributed by atoms with Gasteiger partial charge in [-0.05, 0) is 30.2 Å². The van der Waals surface area contributed by atoms with E-state index in [0.29, 0.717) is 34.8 Å². The molecular weight excluding hydrogens is 317 g/mol. The molecule has 0 N–H and O–H groups in total. The van der Waals surface area contributed by atoms with Crippen molar-refractivity contribution in [2.45, 2.75) is 19.8 Å². The topological polar surface area (TPSA) is 46.8 Å². The molecule has 0 saturated carbocycles. The van der Waals surface area contributed by atoms with Gasteiger partial charge in [0.15, 0.2) is 11.5 Å². The van der Waals surface area contributed by atoms with Gasteiger partial charge in [-0.1, -0.05) is 19.4 Å². The van der Waals surface area contributed by atoms with Crippen LogP contribution in [-0.4, -0.2) is 19.5 Å². The van der Waals surface area contributed by atoms with E-state index in [0.717, 1.165) is 6.42 Å². The number of halogens is 2. The minimum absolute atomic E-state index is 0.0615. The van der Waals surface area contributed by atoms with Crippen LogP contribution in [0.3, 0.4) is 0 Å². The van der Waals surface area contributed by atoms with Crippen molar-refractivity contribution in [2.24, 2.45) is 0 Å². The maximum Gasteiger partial charge on any atom is 0.224 e. The van der Waals surface area contributed by atoms with Gasteiger partial charge in [0, 0.05) is 20.3 Å². The van der Waals surface area contributed by atoms with Crippen molar-refractivity contribution in [1.82, 2.24) is 19.5 Å². The Hall–Kier alpha value is -2.21. The number of anilines is 1. The number of fused-ring (bicyclic) bond motifs is 1. The fraction of sp³-hybridized carbons (Fsp3) is 0.188. The average Bonchev–Trinajstić information content (AvgIpc) is 2.80. The molecule has 0 aliphatic rings. The normalized spacial score (nSPS) is 11.2. The molecule has 0 spiro atoms. The van der Waals surface area contributed by atoms with Crippen molar-refractivity contribution >= 4 is 28.5 Å². The predicted molar refractivity (Wildman–Crippen MR) is 88.8 cm³/mol. The number of nitrogens with zero attached hydrogens (tertiary/aromatic N) is 5. The van der Waals surface area contributed by atoms with Gasteiger partial charge < -0.3 is 4.90 Å². The summed E-state index contributed by atoms with van der Waals surface area (Å²) >= 11 is 5.89. The zero-order valence-electron chi connectivity index (χ0n) is 12.6. The molecule has 3 heterocycles. The molecule has 5 nitrogen and oxygen atoms in total. The minimum Gasteiger partial charge on any atom is -0.353 e. The maximum atomic E-state index is 14.7. The molecule has 0 amide bonds. The van der Waals surface area contributed by atoms with Gasteiger partial charge in [0.2, 0.25) is 5.28 Å². The lowest BCUT2D eigenvalue weighted by atomic mass is 10.2. The molecule has 23 heavy (non-hydrogen) atoms. The number of hydrogen-bond donors (Lipinski definition) is 0. The standard InChI is InChI=1S/C16H15ClFN5/c1-4-6-11-14(18)10-9-19-16(17)21-15(10)23(11)13-8-5-7-12(20-13)22(2)3/h5,7-9H,2-4,6H2,1H3. The van der Waals surface area contributed by atoms with Gasteiger partial charge in [-0.3, -0.25) is 4.57 Å². The zero-order chi connectivity index (χ0) is 16.6. The predicted octanol–water partition coefficient (Wildman–Crippen LogP) is 3.95. The summed E-state index contributed by atoms with van der Waals surface area (Å²) in [6.07, 6.45) is 2.73. The van der Waals surface area contributed by atoms with Crippen molar-refractivity contribution in [3.8, 4) is 5.82 Å². The Morgan fingerprint density at radius 1 is 1.30 bits per heavy atom. The van der Waals surface area contributed by atoms with Gasteiger partial charge in [0.25, 0.3) is 0 Å². The van der Waals surface area contributed by atoms with Crippen molar-refractivity contribution in [1.29, 1.82) is 0 Å². The van der Waals surface area contributed by atoms with Crippen LogP contribution in [-0.2, 0) is 6.42 Å². The van der Waals surface area contributed by atoms with Crippen LogP contribution in [0.25, 0.3) is 16.9 Å². The number of aromatic nitrogens is 4. The van der Waals surface area contributed by atoms with Gasteiger partial charge in [-0.2, -0.15) is 4.98 Å². The second kappa shape index (κ2) is 6.12. The highest BCUT2D eigenvalue weighted by Crippen LogP contribution is 2.28. The Morgan fingerprint density at radius 3 is 2.78 bits per heavy atom. The van der Waals surface area contributed by atoms with Gasteiger partial charge in [-0.25, -0.2) is 14.4 Å². The molecule has 118 valence electrons. The Bertz CT molecular complexity index is 859. The first-order chi connectivity index (χ1) is 11.0. The summed E-state index contributed by atoms with van der Waals surface area (Å²) in [4.78, 5) is 13.9. The third kappa shape index (κ3) is 2.74. The van der Waals surface area contributed by atoms with Gasteiger partial charge in [-0.15, -0.1) is 0 Å². The van der Waals surface area contributed by atoms with Crippen LogP contribution in [0.2, 0.25) is 5.28 Å². The van der Waals surface area contributed by atoms with Gasteiger partial charge in [0.1, 0.15) is 11.6 Å². The molecule has 0 atom stereocenters. The molecule has 3 aromatic rings. The molecule has 0 saturated heterocycles. The van der Waals surface area contributed by atoms with E-state index in [1.165, 1.54) is 11.1 Å². The lowest BCUT2D eigenvalue weighted by Gasteiger charge is -2.14. The summed E-state index contributed by atoms with van der Waals surface area (Å²) in [6, 6.07) is 5.36. The molecule has 0 aliphatic heterocycles. The third-order valence-corrected chi connectivity index (χ3v) is 3.65. The van der Waals surface area contributed by atoms with Crippen molar-refractivity contribution in [3.63, 3.8) is 0 Å². The van der Waals surface area contributed by atoms with E-state index < -0.39 is 0 Å². The molecule has 0 aromatic carbocycles. The summed E-state index contributed by atoms with van der Waals surface area (Å²) in [6.45, 7) is 1.98. The smallest absolute Gasteiger partial charge is 0.224 e. The lowest BCUT2D eigenvalue weighted by molar-refractivity contribution is 0.608. The van der Waals surface area contributed by atoms with Crippen LogP contribution in [0.4, 0.5) is 10.2 Å². The summed E-state index contributed by atoms with van der Waals surface area (Å²) < 4.78 is 16.4. The summed E-state index contributed by atoms with van der Waals surface area (Å²) in [7, 11) is 7.43. The molecule has 7 heteroatoms. The average molecular weight is 332 g/mol. The van der Waals surface area contributed by atoms with Crippen molar-refractivity contribution in [3.05, 3.63) is 55.3 Å². The molecule has 0 bridgehead atoms. The second-order valence-electron chi connectivity index (χ2n) is 5.12. The van der Waals surface area contributed by atoms with Crippen LogP contribution < -0.4 is 4.90 Å². The number of hydrogen-bond acceptors (Lipinski definition) is 4. The first-order valence-corrected chi connectivity index (χ1v) is 7.50. The van der Waals surface area contributed by atoms with Crippen LogP contribution >= 0.6 is 11.6 Å². The molecule has 0 unspecified atom stereocenters. The minimum atomic E-state index is -0.341. The molecule has 2 radical (unpaired) electrons. The maximum absolute atomic E-state index is 14.7. The second-order valence-corrected chi connectivity index (χ2v) is 5.45. The monoisotopic (exact) mass is 331 g/mol. The molecular formula is C16H15ClFN5. The summed E-state index contributed by atoms with van der Waals surface area (Å²) in [5.74, 6) is 0.756. The highest BCUT2D eigenvalue weighted by molar-refractivity contribution is 6.28. The van der Waals surface area contributed by atoms with Crippen LogP contribution in [0.5, 0.6) is 0 Å². The third-order valence-electron chi connectivity index (χ3n) is 3.47. The largest absolute Gasteiger partial charge is 0.353 e. The van der Waals surface area contributed by atoms with Crippen LogP contribution in [0.15, 0.2) is 24.4 Å². The van der Waals surface area contributed by atoms with Gasteiger partial charge >= 0.3 is 0 Å². The van der Waals surface area contributed by atoms with Crippen LogP contribution in [0, 0.1) is 19.9 Å². The number of rotatable bonds is 4. The highest BCUT2D eigenvalue weighted by Gasteiger charge is 2.20. The highest BCUT2D eigenvalue weighted by atomic mass is 35.5. The fourth-order valence-corrected chi connectivity index (χ4v) is 2.61. The Labute approximate surface area is 138 Å². The van der Waals surface area contributed by atoms with E-state index in [1.807, 2.05) is 13.0 Å². The molecule has 3 aromatic heterocycles. The Balaban J connectivity index is 2.32. The van der Waals surface area contributed by atoms with Gasteiger partial charge in [0.05, 0.1) is 11.1 Å². The Kier molecular flexibility index (Phi) is 4.17. The van der Waals surface area contributed by atoms with E-state index in [-0.39, 0.29) is 11.1 Å². The summed E-state index contributed by atoms with van der Waals surface area (Å²) in [5, 5.41) is 0.387. The van der Waals surface area contributed by atoms with Crippen molar-refractivity contribution in [2.75, 3.05) is 4.90 Å². The van der Waals surface area contributed by atoms with E-state index in [9.17, 15) is 4.39 Å². The molecule has 0 aliphatic carbocycles. The first kappa shape index (κ1) is 15.7. The van der Waals surface area contributed by atoms with E-state index in [4.69, 9.17) is 11.6 Å². The molecule has 3 rings (SSSR count). The zero-order valence-corrected chi connectivity index (χ0v) is 13.4. The van der Waals surface area contributed by atoms with Crippen LogP contribution in [0.1, 0.15) is 19.0 Å². The van der Waals surface area contributed by atoms with Crippen molar-refractivity contribution < 1.29 is 4.39 Å².